The van der Waals surface area contributed by atoms with Crippen LogP contribution in [0.2, 0.25) is 0 Å². The van der Waals surface area contributed by atoms with Gasteiger partial charge < -0.3 is 14.5 Å². The van der Waals surface area contributed by atoms with Crippen LogP contribution in [0.1, 0.15) is 28.4 Å². The number of hydrogen-bond donors (Lipinski definition) is 1. The van der Waals surface area contributed by atoms with Gasteiger partial charge in [-0.25, -0.2) is 4.39 Å². The van der Waals surface area contributed by atoms with Crippen LogP contribution in [0, 0.1) is 5.82 Å². The first-order chi connectivity index (χ1) is 12.7. The highest BCUT2D eigenvalue weighted by molar-refractivity contribution is 5.86. The predicted octanol–water partition coefficient (Wildman–Crippen LogP) is 3.98. The number of methoxy groups -OCH3 is 2. The Morgan fingerprint density at radius 1 is 1.15 bits per heavy atom. The lowest BCUT2D eigenvalue weighted by Crippen LogP contribution is -2.39. The van der Waals surface area contributed by atoms with E-state index in [0.29, 0.717) is 5.75 Å². The fourth-order valence-electron chi connectivity index (χ4n) is 4.51. The molecule has 1 aromatic heterocycles. The van der Waals surface area contributed by atoms with E-state index in [2.05, 4.69) is 22.0 Å². The molecule has 0 saturated carbocycles. The molecule has 2 aliphatic heterocycles. The largest absolute Gasteiger partial charge is 0.497 e. The van der Waals surface area contributed by atoms with Crippen molar-refractivity contribution in [1.82, 2.24) is 9.88 Å². The summed E-state index contributed by atoms with van der Waals surface area (Å²) in [5.74, 6) is 0.923. The van der Waals surface area contributed by atoms with E-state index >= 15 is 0 Å². The Hall–Kier alpha value is -2.53. The zero-order valence-electron chi connectivity index (χ0n) is 14.9. The second-order valence-electron chi connectivity index (χ2n) is 7.12. The Labute approximate surface area is 151 Å². The first kappa shape index (κ1) is 15.7. The van der Waals surface area contributed by atoms with Crippen molar-refractivity contribution in [2.45, 2.75) is 25.4 Å². The van der Waals surface area contributed by atoms with Gasteiger partial charge in [-0.05, 0) is 59.9 Å². The second kappa shape index (κ2) is 5.74. The van der Waals surface area contributed by atoms with Crippen molar-refractivity contribution in [2.75, 3.05) is 20.8 Å². The fourth-order valence-corrected chi connectivity index (χ4v) is 4.51. The van der Waals surface area contributed by atoms with Crippen molar-refractivity contribution < 1.29 is 13.9 Å². The Balaban J connectivity index is 1.61. The number of ether oxygens (including phenoxy) is 2. The van der Waals surface area contributed by atoms with E-state index in [0.717, 1.165) is 42.8 Å². The summed E-state index contributed by atoms with van der Waals surface area (Å²) in [5, 5.41) is 1.21. The monoisotopic (exact) mass is 352 g/mol. The minimum absolute atomic E-state index is 0.205. The van der Waals surface area contributed by atoms with Crippen LogP contribution >= 0.6 is 0 Å². The van der Waals surface area contributed by atoms with Gasteiger partial charge >= 0.3 is 0 Å². The maximum absolute atomic E-state index is 14.4. The number of rotatable bonds is 2. The van der Waals surface area contributed by atoms with E-state index < -0.39 is 0 Å². The maximum Gasteiger partial charge on any atom is 0.165 e. The summed E-state index contributed by atoms with van der Waals surface area (Å²) in [5.41, 5.74) is 6.02. The molecular weight excluding hydrogens is 331 g/mol. The lowest BCUT2D eigenvalue weighted by molar-refractivity contribution is 0.159. The lowest BCUT2D eigenvalue weighted by Gasteiger charge is -2.40. The fraction of sp³-hybridized carbons (Fsp3) is 0.333. The van der Waals surface area contributed by atoms with Crippen molar-refractivity contribution in [1.29, 1.82) is 0 Å². The van der Waals surface area contributed by atoms with Crippen molar-refractivity contribution >= 4 is 10.9 Å². The molecule has 4 nitrogen and oxygen atoms in total. The molecule has 5 rings (SSSR count). The normalized spacial score (nSPS) is 19.0. The molecule has 2 aromatic carbocycles. The summed E-state index contributed by atoms with van der Waals surface area (Å²) < 4.78 is 24.9. The van der Waals surface area contributed by atoms with Gasteiger partial charge in [0.05, 0.1) is 14.2 Å². The van der Waals surface area contributed by atoms with Gasteiger partial charge in [0.2, 0.25) is 0 Å². The quantitative estimate of drug-likeness (QED) is 0.758. The molecule has 3 heterocycles. The highest BCUT2D eigenvalue weighted by Gasteiger charge is 2.34. The molecule has 0 saturated heterocycles. The minimum atomic E-state index is -0.278. The van der Waals surface area contributed by atoms with Crippen LogP contribution < -0.4 is 9.47 Å². The average Bonchev–Trinajstić information content (AvgIpc) is 3.02. The molecule has 1 N–H and O–H groups in total. The van der Waals surface area contributed by atoms with E-state index in [-0.39, 0.29) is 11.9 Å². The van der Waals surface area contributed by atoms with E-state index in [9.17, 15) is 4.39 Å². The van der Waals surface area contributed by atoms with Gasteiger partial charge in [-0.3, -0.25) is 4.90 Å². The minimum Gasteiger partial charge on any atom is -0.497 e. The smallest absolute Gasteiger partial charge is 0.165 e. The third-order valence-corrected chi connectivity index (χ3v) is 5.84. The third kappa shape index (κ3) is 2.23. The number of aromatic nitrogens is 1. The number of hydrogen-bond acceptors (Lipinski definition) is 3. The predicted molar refractivity (Wildman–Crippen MR) is 98.4 cm³/mol. The van der Waals surface area contributed by atoms with Gasteiger partial charge in [0.25, 0.3) is 0 Å². The molecule has 0 aliphatic carbocycles. The molecule has 0 spiro atoms. The molecule has 2 aliphatic rings. The van der Waals surface area contributed by atoms with E-state index in [1.807, 2.05) is 12.1 Å². The number of aromatic amines is 1. The molecule has 0 bridgehead atoms. The van der Waals surface area contributed by atoms with Gasteiger partial charge in [-0.15, -0.1) is 0 Å². The zero-order valence-corrected chi connectivity index (χ0v) is 14.9. The summed E-state index contributed by atoms with van der Waals surface area (Å²) in [7, 11) is 3.21. The standard InChI is InChI=1S/C21H21FN2O2/c1-25-13-3-4-18-15(8-13)16-10-20-14-9-17(22)21(26-2)7-12(14)5-6-24(20)11-19(16)23-18/h3-4,7-9,20,23H,5-6,10-11H2,1-2H3/t20-/m0/s1. The summed E-state index contributed by atoms with van der Waals surface area (Å²) in [6.07, 6.45) is 1.80. The molecule has 0 fully saturated rings. The van der Waals surface area contributed by atoms with Crippen LogP contribution in [0.15, 0.2) is 30.3 Å². The number of fused-ring (bicyclic) bond motifs is 6. The molecule has 134 valence electrons. The molecule has 0 unspecified atom stereocenters. The Kier molecular flexibility index (Phi) is 3.47. The van der Waals surface area contributed by atoms with E-state index in [1.165, 1.54) is 29.3 Å². The topological polar surface area (TPSA) is 37.5 Å². The zero-order chi connectivity index (χ0) is 17.8. The summed E-state index contributed by atoms with van der Waals surface area (Å²) >= 11 is 0. The summed E-state index contributed by atoms with van der Waals surface area (Å²) in [4.78, 5) is 6.01. The highest BCUT2D eigenvalue weighted by Crippen LogP contribution is 2.42. The first-order valence-corrected chi connectivity index (χ1v) is 8.95. The Morgan fingerprint density at radius 3 is 2.85 bits per heavy atom. The number of H-pyrrole nitrogens is 1. The molecule has 5 heteroatoms. The lowest BCUT2D eigenvalue weighted by atomic mass is 9.85. The van der Waals surface area contributed by atoms with Gasteiger partial charge in [-0.2, -0.15) is 0 Å². The molecule has 3 aromatic rings. The van der Waals surface area contributed by atoms with Crippen LogP contribution in [0.5, 0.6) is 11.5 Å². The molecule has 0 amide bonds. The van der Waals surface area contributed by atoms with E-state index in [4.69, 9.17) is 9.47 Å². The SMILES string of the molecule is COc1ccc2[nH]c3c(c2c1)C[C@H]1c2cc(F)c(OC)cc2CCN1C3. The highest BCUT2D eigenvalue weighted by atomic mass is 19.1. The van der Waals surface area contributed by atoms with Crippen LogP contribution in [0.25, 0.3) is 10.9 Å². The van der Waals surface area contributed by atoms with Crippen molar-refractivity contribution in [2.24, 2.45) is 0 Å². The molecule has 1 atom stereocenters. The van der Waals surface area contributed by atoms with Crippen molar-refractivity contribution in [3.8, 4) is 11.5 Å². The Morgan fingerprint density at radius 2 is 2.04 bits per heavy atom. The summed E-state index contributed by atoms with van der Waals surface area (Å²) in [6, 6.07) is 9.90. The average molecular weight is 352 g/mol. The van der Waals surface area contributed by atoms with Gasteiger partial charge in [0.1, 0.15) is 5.75 Å². The van der Waals surface area contributed by atoms with Gasteiger partial charge in [0, 0.05) is 35.7 Å². The van der Waals surface area contributed by atoms with E-state index in [1.54, 1.807) is 13.2 Å². The van der Waals surface area contributed by atoms with Crippen LogP contribution in [-0.2, 0) is 19.4 Å². The first-order valence-electron chi connectivity index (χ1n) is 8.95. The van der Waals surface area contributed by atoms with Gasteiger partial charge in [-0.1, -0.05) is 0 Å². The number of nitrogens with zero attached hydrogens (tertiary/aromatic N) is 1. The number of benzene rings is 2. The van der Waals surface area contributed by atoms with Crippen LogP contribution in [0.4, 0.5) is 4.39 Å². The summed E-state index contributed by atoms with van der Waals surface area (Å²) in [6.45, 7) is 1.84. The molecular formula is C21H21FN2O2. The maximum atomic E-state index is 14.4. The second-order valence-corrected chi connectivity index (χ2v) is 7.12. The van der Waals surface area contributed by atoms with Crippen LogP contribution in [-0.4, -0.2) is 30.6 Å². The molecule has 26 heavy (non-hydrogen) atoms. The third-order valence-electron chi connectivity index (χ3n) is 5.84. The number of nitrogens with one attached hydrogen (secondary N) is 1. The number of halogens is 1. The van der Waals surface area contributed by atoms with Crippen molar-refractivity contribution in [3.05, 3.63) is 58.5 Å². The van der Waals surface area contributed by atoms with Gasteiger partial charge in [0.15, 0.2) is 11.6 Å². The molecule has 0 radical (unpaired) electrons. The Bertz CT molecular complexity index is 1010. The van der Waals surface area contributed by atoms with Crippen molar-refractivity contribution in [3.63, 3.8) is 0 Å². The van der Waals surface area contributed by atoms with Crippen LogP contribution in [0.3, 0.4) is 0 Å².